The predicted molar refractivity (Wildman–Crippen MR) is 74.2 cm³/mol. The maximum Gasteiger partial charge on any atom is 0.435 e. The average molecular weight is 351 g/mol. The van der Waals surface area contributed by atoms with Gasteiger partial charge in [0.2, 0.25) is 5.91 Å². The Labute approximate surface area is 131 Å². The van der Waals surface area contributed by atoms with Crippen molar-refractivity contribution in [2.24, 2.45) is 0 Å². The van der Waals surface area contributed by atoms with Gasteiger partial charge in [-0.3, -0.25) is 9.48 Å². The van der Waals surface area contributed by atoms with Gasteiger partial charge in [-0.2, -0.15) is 27.1 Å². The number of rotatable bonds is 5. The number of aromatic nitrogens is 2. The lowest BCUT2D eigenvalue weighted by Gasteiger charge is -2.10. The minimum Gasteiger partial charge on any atom is -0.323 e. The number of anilines is 1. The molecule has 0 radical (unpaired) electrons. The summed E-state index contributed by atoms with van der Waals surface area (Å²) in [5, 5.41) is 5.62. The number of nitrogens with zero attached hydrogens (tertiary/aromatic N) is 2. The summed E-state index contributed by atoms with van der Waals surface area (Å²) in [6.45, 7) is -0.468. The molecule has 0 atom stereocenters. The molecule has 0 spiro atoms. The van der Waals surface area contributed by atoms with Crippen LogP contribution in [0.1, 0.15) is 5.69 Å². The molecule has 124 valence electrons. The molecule has 2 aromatic rings. The number of nitrogens with one attached hydrogen (secondary N) is 1. The Morgan fingerprint density at radius 1 is 1.26 bits per heavy atom. The van der Waals surface area contributed by atoms with Crippen molar-refractivity contribution in [3.63, 3.8) is 0 Å². The number of benzene rings is 1. The van der Waals surface area contributed by atoms with Crippen LogP contribution in [0, 0.1) is 0 Å². The van der Waals surface area contributed by atoms with Gasteiger partial charge in [0.25, 0.3) is 5.76 Å². The molecule has 2 rings (SSSR count). The quantitative estimate of drug-likeness (QED) is 0.657. The van der Waals surface area contributed by atoms with Crippen LogP contribution in [-0.4, -0.2) is 21.4 Å². The molecule has 4 nitrogen and oxygen atoms in total. The molecule has 0 fully saturated rings. The maximum atomic E-state index is 12.4. The van der Waals surface area contributed by atoms with Crippen LogP contribution in [0.5, 0.6) is 0 Å². The molecule has 0 unspecified atom stereocenters. The monoisotopic (exact) mass is 351 g/mol. The van der Waals surface area contributed by atoms with Crippen LogP contribution in [0.15, 0.2) is 41.4 Å². The Morgan fingerprint density at radius 2 is 1.96 bits per heavy atom. The molecule has 0 saturated heterocycles. The smallest absolute Gasteiger partial charge is 0.323 e. The van der Waals surface area contributed by atoms with Gasteiger partial charge >= 0.3 is 6.18 Å². The van der Waals surface area contributed by atoms with E-state index in [2.05, 4.69) is 10.4 Å². The van der Waals surface area contributed by atoms with E-state index >= 15 is 0 Å². The van der Waals surface area contributed by atoms with Gasteiger partial charge in [0, 0.05) is 11.1 Å². The third-order valence-electron chi connectivity index (χ3n) is 2.61. The van der Waals surface area contributed by atoms with Gasteiger partial charge in [0.1, 0.15) is 6.54 Å². The van der Waals surface area contributed by atoms with E-state index in [4.69, 9.17) is 0 Å². The third kappa shape index (κ3) is 4.95. The fourth-order valence-corrected chi connectivity index (χ4v) is 2.30. The molecular formula is C13H10F5N3OS. The van der Waals surface area contributed by atoms with Crippen molar-refractivity contribution >= 4 is 23.4 Å². The molecule has 1 amide bonds. The number of amides is 1. The number of carbonyl (C=O) groups is 1. The van der Waals surface area contributed by atoms with Gasteiger partial charge in [-0.05, 0) is 18.2 Å². The summed E-state index contributed by atoms with van der Waals surface area (Å²) in [6, 6.07) is 6.65. The summed E-state index contributed by atoms with van der Waals surface area (Å²) in [7, 11) is 0. The summed E-state index contributed by atoms with van der Waals surface area (Å²) in [6.07, 6.45) is -3.58. The Hall–Kier alpha value is -2.10. The molecule has 0 aliphatic rings. The second-order valence-electron chi connectivity index (χ2n) is 4.32. The number of halogens is 5. The molecule has 1 aromatic carbocycles. The van der Waals surface area contributed by atoms with Gasteiger partial charge in [0.15, 0.2) is 5.69 Å². The van der Waals surface area contributed by atoms with Crippen LogP contribution in [0.25, 0.3) is 0 Å². The summed E-state index contributed by atoms with van der Waals surface area (Å²) < 4.78 is 62.9. The van der Waals surface area contributed by atoms with Crippen LogP contribution in [-0.2, 0) is 17.5 Å². The molecule has 0 aliphatic heterocycles. The van der Waals surface area contributed by atoms with Crippen LogP contribution in [0.4, 0.5) is 27.6 Å². The van der Waals surface area contributed by atoms with Gasteiger partial charge in [-0.15, -0.1) is 0 Å². The molecular weight excluding hydrogens is 341 g/mol. The largest absolute Gasteiger partial charge is 0.435 e. The summed E-state index contributed by atoms with van der Waals surface area (Å²) in [4.78, 5) is 12.0. The van der Waals surface area contributed by atoms with E-state index in [-0.39, 0.29) is 22.3 Å². The van der Waals surface area contributed by atoms with Crippen molar-refractivity contribution in [3.8, 4) is 0 Å². The molecule has 0 saturated carbocycles. The SMILES string of the molecule is O=C(Cn1ccc(C(F)(F)F)n1)Nc1ccccc1SC(F)F. The highest BCUT2D eigenvalue weighted by molar-refractivity contribution is 7.99. The molecule has 23 heavy (non-hydrogen) atoms. The fraction of sp³-hybridized carbons (Fsp3) is 0.231. The highest BCUT2D eigenvalue weighted by Gasteiger charge is 2.33. The summed E-state index contributed by atoms with van der Waals surface area (Å²) in [5.41, 5.74) is -0.954. The normalized spacial score (nSPS) is 11.7. The number of hydrogen-bond donors (Lipinski definition) is 1. The minimum absolute atomic E-state index is 0.158. The zero-order valence-electron chi connectivity index (χ0n) is 11.3. The number of alkyl halides is 5. The molecule has 1 aromatic heterocycles. The lowest BCUT2D eigenvalue weighted by molar-refractivity contribution is -0.141. The fourth-order valence-electron chi connectivity index (χ4n) is 1.71. The van der Waals surface area contributed by atoms with E-state index in [1.54, 1.807) is 6.07 Å². The number of carbonyl (C=O) groups excluding carboxylic acids is 1. The molecule has 0 bridgehead atoms. The minimum atomic E-state index is -4.60. The first-order chi connectivity index (χ1) is 10.8. The first kappa shape index (κ1) is 17.3. The molecule has 0 aliphatic carbocycles. The molecule has 10 heteroatoms. The average Bonchev–Trinajstić information content (AvgIpc) is 2.89. The van der Waals surface area contributed by atoms with E-state index < -0.39 is 30.1 Å². The predicted octanol–water partition coefficient (Wildman–Crippen LogP) is 3.86. The lowest BCUT2D eigenvalue weighted by Crippen LogP contribution is -2.20. The van der Waals surface area contributed by atoms with Crippen molar-refractivity contribution in [2.75, 3.05) is 5.32 Å². The topological polar surface area (TPSA) is 46.9 Å². The number of thioether (sulfide) groups is 1. The van der Waals surface area contributed by atoms with Gasteiger partial charge in [-0.25, -0.2) is 0 Å². The van der Waals surface area contributed by atoms with E-state index in [0.717, 1.165) is 16.9 Å². The van der Waals surface area contributed by atoms with Crippen molar-refractivity contribution in [1.29, 1.82) is 0 Å². The molecule has 1 N–H and O–H groups in total. The van der Waals surface area contributed by atoms with Crippen molar-refractivity contribution < 1.29 is 26.7 Å². The molecule has 1 heterocycles. The summed E-state index contributed by atoms with van der Waals surface area (Å²) >= 11 is 0.262. The highest BCUT2D eigenvalue weighted by Crippen LogP contribution is 2.31. The van der Waals surface area contributed by atoms with Crippen molar-refractivity contribution in [2.45, 2.75) is 23.4 Å². The van der Waals surface area contributed by atoms with Crippen LogP contribution in [0.3, 0.4) is 0 Å². The standard InChI is InChI=1S/C13H10F5N3OS/c14-12(15)23-9-4-2-1-3-8(9)19-11(22)7-21-6-5-10(20-21)13(16,17)18/h1-6,12H,7H2,(H,19,22). The Balaban J connectivity index is 2.04. The van der Waals surface area contributed by atoms with E-state index in [1.165, 1.54) is 18.2 Å². The lowest BCUT2D eigenvalue weighted by atomic mass is 10.3. The van der Waals surface area contributed by atoms with Crippen molar-refractivity contribution in [3.05, 3.63) is 42.2 Å². The number of para-hydroxylation sites is 1. The number of hydrogen-bond acceptors (Lipinski definition) is 3. The van der Waals surface area contributed by atoms with Gasteiger partial charge in [-0.1, -0.05) is 23.9 Å². The van der Waals surface area contributed by atoms with E-state index in [9.17, 15) is 26.7 Å². The Bertz CT molecular complexity index is 686. The highest BCUT2D eigenvalue weighted by atomic mass is 32.2. The van der Waals surface area contributed by atoms with Gasteiger partial charge < -0.3 is 5.32 Å². The van der Waals surface area contributed by atoms with Crippen LogP contribution in [0.2, 0.25) is 0 Å². The second kappa shape index (κ2) is 6.99. The second-order valence-corrected chi connectivity index (χ2v) is 5.35. The van der Waals surface area contributed by atoms with Crippen LogP contribution >= 0.6 is 11.8 Å². The Kier molecular flexibility index (Phi) is 5.24. The maximum absolute atomic E-state index is 12.4. The Morgan fingerprint density at radius 3 is 2.57 bits per heavy atom. The van der Waals surface area contributed by atoms with E-state index in [1.807, 2.05) is 0 Å². The zero-order chi connectivity index (χ0) is 17.0. The zero-order valence-corrected chi connectivity index (χ0v) is 12.2. The van der Waals surface area contributed by atoms with Crippen molar-refractivity contribution in [1.82, 2.24) is 9.78 Å². The van der Waals surface area contributed by atoms with E-state index in [0.29, 0.717) is 0 Å². The first-order valence-electron chi connectivity index (χ1n) is 6.20. The van der Waals surface area contributed by atoms with Gasteiger partial charge in [0.05, 0.1) is 5.69 Å². The first-order valence-corrected chi connectivity index (χ1v) is 7.08. The third-order valence-corrected chi connectivity index (χ3v) is 3.40. The van der Waals surface area contributed by atoms with Crippen LogP contribution < -0.4 is 5.32 Å². The summed E-state index contributed by atoms with van der Waals surface area (Å²) in [5.74, 6) is -3.34.